The van der Waals surface area contributed by atoms with E-state index in [2.05, 4.69) is 15.0 Å². The van der Waals surface area contributed by atoms with Gasteiger partial charge in [0, 0.05) is 23.9 Å². The summed E-state index contributed by atoms with van der Waals surface area (Å²) >= 11 is -2.26. The molecule has 0 aliphatic carbocycles. The highest BCUT2D eigenvalue weighted by atomic mass is 32.2. The summed E-state index contributed by atoms with van der Waals surface area (Å²) in [6, 6.07) is 12.9. The Hall–Kier alpha value is -2.29. The molecule has 0 fully saturated rings. The molecule has 1 heterocycles. The average molecular weight is 317 g/mol. The van der Waals surface area contributed by atoms with Gasteiger partial charge in [0.2, 0.25) is 0 Å². The third kappa shape index (κ3) is 2.98. The van der Waals surface area contributed by atoms with Crippen molar-refractivity contribution < 1.29 is 13.5 Å². The van der Waals surface area contributed by atoms with E-state index in [1.54, 1.807) is 11.8 Å². The quantitative estimate of drug-likeness (QED) is 0.716. The maximum Gasteiger partial charge on any atom is 0.121 e. The van der Waals surface area contributed by atoms with Crippen LogP contribution < -0.4 is 9.46 Å². The smallest absolute Gasteiger partial charge is 0.121 e. The predicted molar refractivity (Wildman–Crippen MR) is 81.2 cm³/mol. The molecule has 0 spiro atoms. The number of rotatable bonds is 5. The zero-order chi connectivity index (χ0) is 15.5. The number of ether oxygens (including phenoxy) is 1. The largest absolute Gasteiger partial charge is 0.760 e. The number of hydrogen-bond acceptors (Lipinski definition) is 5. The van der Waals surface area contributed by atoms with E-state index in [4.69, 9.17) is 4.74 Å². The van der Waals surface area contributed by atoms with Gasteiger partial charge in [-0.15, -0.1) is 5.10 Å². The van der Waals surface area contributed by atoms with Gasteiger partial charge in [-0.1, -0.05) is 17.3 Å². The Labute approximate surface area is 129 Å². The Balaban J connectivity index is 1.92. The molecular formula is C14H13N4O3S-. The second kappa shape index (κ2) is 6.22. The van der Waals surface area contributed by atoms with Crippen LogP contribution in [-0.2, 0) is 17.8 Å². The highest BCUT2D eigenvalue weighted by molar-refractivity contribution is 7.77. The van der Waals surface area contributed by atoms with Crippen LogP contribution in [0.3, 0.4) is 0 Å². The molecule has 0 bridgehead atoms. The Bertz CT molecular complexity index is 817. The number of nitrogens with zero attached hydrogens (tertiary/aromatic N) is 3. The van der Waals surface area contributed by atoms with Crippen molar-refractivity contribution in [3.8, 4) is 11.4 Å². The van der Waals surface area contributed by atoms with Crippen LogP contribution in [0.2, 0.25) is 0 Å². The maximum absolute atomic E-state index is 10.5. The summed E-state index contributed by atoms with van der Waals surface area (Å²) in [5.41, 5.74) is 3.30. The maximum atomic E-state index is 10.5. The Morgan fingerprint density at radius 3 is 2.73 bits per heavy atom. The third-order valence-corrected chi connectivity index (χ3v) is 3.61. The minimum Gasteiger partial charge on any atom is -0.760 e. The van der Waals surface area contributed by atoms with Gasteiger partial charge >= 0.3 is 0 Å². The first-order chi connectivity index (χ1) is 10.7. The van der Waals surface area contributed by atoms with E-state index in [9.17, 15) is 8.76 Å². The molecule has 0 aliphatic heterocycles. The fraction of sp³-hybridized carbons (Fsp3) is 0.143. The molecule has 0 saturated heterocycles. The molecule has 0 amide bonds. The van der Waals surface area contributed by atoms with Gasteiger partial charge in [-0.25, -0.2) is 9.40 Å². The number of methoxy groups -OCH3 is 1. The van der Waals surface area contributed by atoms with Gasteiger partial charge in [0.1, 0.15) is 11.3 Å². The molecule has 0 radical (unpaired) electrons. The molecule has 114 valence electrons. The fourth-order valence-corrected chi connectivity index (χ4v) is 2.40. The van der Waals surface area contributed by atoms with Crippen LogP contribution >= 0.6 is 0 Å². The van der Waals surface area contributed by atoms with Crippen molar-refractivity contribution in [2.24, 2.45) is 0 Å². The van der Waals surface area contributed by atoms with Gasteiger partial charge in [0.25, 0.3) is 0 Å². The summed E-state index contributed by atoms with van der Waals surface area (Å²) in [7, 11) is 1.61. The highest BCUT2D eigenvalue weighted by Gasteiger charge is 2.07. The first-order valence-electron chi connectivity index (χ1n) is 6.49. The zero-order valence-electron chi connectivity index (χ0n) is 11.7. The highest BCUT2D eigenvalue weighted by Crippen LogP contribution is 2.21. The van der Waals surface area contributed by atoms with E-state index in [1.165, 1.54) is 0 Å². The lowest BCUT2D eigenvalue weighted by molar-refractivity contribution is 0.415. The summed E-state index contributed by atoms with van der Waals surface area (Å²) in [4.78, 5) is 0. The molecular weight excluding hydrogens is 304 g/mol. The molecule has 1 N–H and O–H groups in total. The normalized spacial score (nSPS) is 12.5. The minimum absolute atomic E-state index is 0.252. The fourth-order valence-electron chi connectivity index (χ4n) is 2.11. The molecule has 2 aromatic carbocycles. The molecule has 22 heavy (non-hydrogen) atoms. The molecule has 7 nitrogen and oxygen atoms in total. The monoisotopic (exact) mass is 317 g/mol. The second-order valence-electron chi connectivity index (χ2n) is 4.58. The lowest BCUT2D eigenvalue weighted by Gasteiger charge is -2.08. The van der Waals surface area contributed by atoms with Gasteiger partial charge in [0.05, 0.1) is 18.3 Å². The third-order valence-electron chi connectivity index (χ3n) is 3.23. The van der Waals surface area contributed by atoms with E-state index in [0.717, 1.165) is 28.0 Å². The standard InChI is InChI=1S/C14H14N4O3S/c1-21-12-6-7-13-14(8-12)18(17-16-13)11-4-2-10(3-5-11)9-15-22(19)20/h2-8,15H,9H2,1H3,(H,19,20)/p-1. The van der Waals surface area contributed by atoms with Crippen LogP contribution in [0, 0.1) is 0 Å². The SMILES string of the molecule is COc1ccc2nnn(-c3ccc(CNS(=O)[O-])cc3)c2c1. The van der Waals surface area contributed by atoms with Crippen molar-refractivity contribution in [3.63, 3.8) is 0 Å². The number of fused-ring (bicyclic) bond motifs is 1. The van der Waals surface area contributed by atoms with E-state index in [-0.39, 0.29) is 6.54 Å². The van der Waals surface area contributed by atoms with Gasteiger partial charge < -0.3 is 9.29 Å². The van der Waals surface area contributed by atoms with Crippen molar-refractivity contribution in [2.45, 2.75) is 6.54 Å². The van der Waals surface area contributed by atoms with Crippen LogP contribution in [0.4, 0.5) is 0 Å². The van der Waals surface area contributed by atoms with Gasteiger partial charge in [0.15, 0.2) is 0 Å². The van der Waals surface area contributed by atoms with Gasteiger partial charge in [-0.3, -0.25) is 4.21 Å². The van der Waals surface area contributed by atoms with Crippen molar-refractivity contribution in [3.05, 3.63) is 48.0 Å². The Kier molecular flexibility index (Phi) is 4.14. The Morgan fingerprint density at radius 2 is 2.05 bits per heavy atom. The molecule has 1 unspecified atom stereocenters. The summed E-state index contributed by atoms with van der Waals surface area (Å²) in [5.74, 6) is 0.731. The molecule has 8 heteroatoms. The van der Waals surface area contributed by atoms with E-state index in [1.807, 2.05) is 42.5 Å². The summed E-state index contributed by atoms with van der Waals surface area (Å²) in [5, 5.41) is 8.26. The van der Waals surface area contributed by atoms with Crippen LogP contribution in [0.15, 0.2) is 42.5 Å². The van der Waals surface area contributed by atoms with Crippen LogP contribution in [0.1, 0.15) is 5.56 Å². The zero-order valence-corrected chi connectivity index (χ0v) is 12.5. The summed E-state index contributed by atoms with van der Waals surface area (Å²) in [6.07, 6.45) is 0. The number of aromatic nitrogens is 3. The van der Waals surface area contributed by atoms with Crippen molar-refractivity contribution in [1.29, 1.82) is 0 Å². The number of nitrogens with one attached hydrogen (secondary N) is 1. The van der Waals surface area contributed by atoms with Gasteiger partial charge in [-0.05, 0) is 29.8 Å². The topological polar surface area (TPSA) is 92.1 Å². The summed E-state index contributed by atoms with van der Waals surface area (Å²) < 4.78 is 30.2. The van der Waals surface area contributed by atoms with E-state index < -0.39 is 11.3 Å². The first kappa shape index (κ1) is 14.6. The molecule has 0 saturated carbocycles. The molecule has 1 aromatic heterocycles. The van der Waals surface area contributed by atoms with Crippen LogP contribution in [0.25, 0.3) is 16.7 Å². The predicted octanol–water partition coefficient (Wildman–Crippen LogP) is 1.31. The number of benzene rings is 2. The van der Waals surface area contributed by atoms with Crippen molar-refractivity contribution in [2.75, 3.05) is 7.11 Å². The van der Waals surface area contributed by atoms with E-state index in [0.29, 0.717) is 0 Å². The lowest BCUT2D eigenvalue weighted by Crippen LogP contribution is -2.15. The van der Waals surface area contributed by atoms with Gasteiger partial charge in [-0.2, -0.15) is 0 Å². The van der Waals surface area contributed by atoms with Crippen LogP contribution in [0.5, 0.6) is 5.75 Å². The molecule has 0 aliphatic rings. The average Bonchev–Trinajstić information content (AvgIpc) is 2.96. The molecule has 3 rings (SSSR count). The molecule has 3 aromatic rings. The van der Waals surface area contributed by atoms with Crippen LogP contribution in [-0.4, -0.2) is 30.9 Å². The minimum atomic E-state index is -2.26. The van der Waals surface area contributed by atoms with Crippen molar-refractivity contribution >= 4 is 22.3 Å². The summed E-state index contributed by atoms with van der Waals surface area (Å²) in [6.45, 7) is 0.252. The number of hydrogen-bond donors (Lipinski definition) is 1. The molecule has 1 atom stereocenters. The van der Waals surface area contributed by atoms with Crippen molar-refractivity contribution in [1.82, 2.24) is 19.7 Å². The van der Waals surface area contributed by atoms with E-state index >= 15 is 0 Å². The lowest BCUT2D eigenvalue weighted by atomic mass is 10.2. The Morgan fingerprint density at radius 1 is 1.27 bits per heavy atom. The second-order valence-corrected chi connectivity index (χ2v) is 5.34. The first-order valence-corrected chi connectivity index (χ1v) is 7.56.